The van der Waals surface area contributed by atoms with Crippen LogP contribution in [0.2, 0.25) is 0 Å². The SMILES string of the molecule is COC(=O)C(C)OC1CCCCCC1. The van der Waals surface area contributed by atoms with Crippen LogP contribution >= 0.6 is 0 Å². The molecule has 0 aromatic carbocycles. The molecule has 0 radical (unpaired) electrons. The average Bonchev–Trinajstić information content (AvgIpc) is 2.45. The Morgan fingerprint density at radius 1 is 1.21 bits per heavy atom. The predicted octanol–water partition coefficient (Wildman–Crippen LogP) is 2.29. The molecule has 1 fully saturated rings. The van der Waals surface area contributed by atoms with Gasteiger partial charge >= 0.3 is 5.97 Å². The maximum absolute atomic E-state index is 11.1. The fourth-order valence-corrected chi connectivity index (χ4v) is 1.89. The highest BCUT2D eigenvalue weighted by Gasteiger charge is 2.20. The third-order valence-corrected chi connectivity index (χ3v) is 2.73. The molecule has 1 rings (SSSR count). The van der Waals surface area contributed by atoms with Crippen molar-refractivity contribution in [2.75, 3.05) is 7.11 Å². The molecule has 1 aliphatic rings. The molecule has 14 heavy (non-hydrogen) atoms. The summed E-state index contributed by atoms with van der Waals surface area (Å²) in [6.07, 6.45) is 7.05. The average molecular weight is 200 g/mol. The molecule has 1 aliphatic carbocycles. The van der Waals surface area contributed by atoms with Crippen molar-refractivity contribution in [3.8, 4) is 0 Å². The van der Waals surface area contributed by atoms with E-state index in [9.17, 15) is 4.79 Å². The molecule has 3 nitrogen and oxygen atoms in total. The van der Waals surface area contributed by atoms with Crippen LogP contribution in [0.15, 0.2) is 0 Å². The normalized spacial score (nSPS) is 21.3. The van der Waals surface area contributed by atoms with Crippen LogP contribution in [-0.2, 0) is 14.3 Å². The molecule has 0 amide bonds. The van der Waals surface area contributed by atoms with Crippen molar-refractivity contribution in [1.29, 1.82) is 0 Å². The maximum Gasteiger partial charge on any atom is 0.334 e. The van der Waals surface area contributed by atoms with Crippen molar-refractivity contribution in [2.24, 2.45) is 0 Å². The molecule has 1 unspecified atom stereocenters. The molecular formula is C11H20O3. The fourth-order valence-electron chi connectivity index (χ4n) is 1.89. The van der Waals surface area contributed by atoms with Crippen LogP contribution < -0.4 is 0 Å². The van der Waals surface area contributed by atoms with E-state index in [-0.39, 0.29) is 12.1 Å². The Labute approximate surface area is 85.8 Å². The van der Waals surface area contributed by atoms with Crippen LogP contribution in [0.1, 0.15) is 45.4 Å². The lowest BCUT2D eigenvalue weighted by Crippen LogP contribution is -2.27. The molecule has 0 aromatic rings. The van der Waals surface area contributed by atoms with Crippen LogP contribution in [0, 0.1) is 0 Å². The van der Waals surface area contributed by atoms with E-state index in [1.807, 2.05) is 0 Å². The summed E-state index contributed by atoms with van der Waals surface area (Å²) in [6, 6.07) is 0. The highest BCUT2D eigenvalue weighted by Crippen LogP contribution is 2.20. The summed E-state index contributed by atoms with van der Waals surface area (Å²) in [6.45, 7) is 1.76. The van der Waals surface area contributed by atoms with E-state index < -0.39 is 6.10 Å². The zero-order chi connectivity index (χ0) is 10.4. The summed E-state index contributed by atoms with van der Waals surface area (Å²) >= 11 is 0. The molecule has 0 heterocycles. The summed E-state index contributed by atoms with van der Waals surface area (Å²) in [4.78, 5) is 11.1. The number of methoxy groups -OCH3 is 1. The van der Waals surface area contributed by atoms with Gasteiger partial charge in [-0.3, -0.25) is 0 Å². The zero-order valence-corrected chi connectivity index (χ0v) is 9.12. The maximum atomic E-state index is 11.1. The van der Waals surface area contributed by atoms with Gasteiger partial charge in [-0.25, -0.2) is 4.79 Å². The second-order valence-corrected chi connectivity index (χ2v) is 3.92. The smallest absolute Gasteiger partial charge is 0.334 e. The van der Waals surface area contributed by atoms with Gasteiger partial charge in [-0.05, 0) is 19.8 Å². The van der Waals surface area contributed by atoms with Gasteiger partial charge in [0, 0.05) is 0 Å². The lowest BCUT2D eigenvalue weighted by atomic mass is 10.1. The molecule has 0 saturated heterocycles. The third-order valence-electron chi connectivity index (χ3n) is 2.73. The van der Waals surface area contributed by atoms with Crippen LogP contribution in [-0.4, -0.2) is 25.3 Å². The van der Waals surface area contributed by atoms with Gasteiger partial charge in [-0.1, -0.05) is 25.7 Å². The Hall–Kier alpha value is -0.570. The van der Waals surface area contributed by atoms with E-state index >= 15 is 0 Å². The monoisotopic (exact) mass is 200 g/mol. The van der Waals surface area contributed by atoms with Crippen molar-refractivity contribution in [1.82, 2.24) is 0 Å². The first-order valence-corrected chi connectivity index (χ1v) is 5.47. The van der Waals surface area contributed by atoms with Gasteiger partial charge in [0.1, 0.15) is 0 Å². The van der Waals surface area contributed by atoms with Crippen LogP contribution in [0.5, 0.6) is 0 Å². The Morgan fingerprint density at radius 3 is 2.29 bits per heavy atom. The minimum absolute atomic E-state index is 0.256. The molecule has 0 aliphatic heterocycles. The van der Waals surface area contributed by atoms with E-state index in [2.05, 4.69) is 4.74 Å². The predicted molar refractivity (Wildman–Crippen MR) is 54.1 cm³/mol. The summed E-state index contributed by atoms with van der Waals surface area (Å²) in [5, 5.41) is 0. The van der Waals surface area contributed by atoms with Crippen molar-refractivity contribution in [3.63, 3.8) is 0 Å². The highest BCUT2D eigenvalue weighted by molar-refractivity contribution is 5.73. The minimum Gasteiger partial charge on any atom is -0.467 e. The Kier molecular flexibility index (Phi) is 4.94. The summed E-state index contributed by atoms with van der Waals surface area (Å²) in [7, 11) is 1.40. The number of ether oxygens (including phenoxy) is 2. The number of carbonyl (C=O) groups excluding carboxylic acids is 1. The van der Waals surface area contributed by atoms with Crippen LogP contribution in [0.4, 0.5) is 0 Å². The number of rotatable bonds is 3. The van der Waals surface area contributed by atoms with Gasteiger partial charge in [0.05, 0.1) is 13.2 Å². The van der Waals surface area contributed by atoms with Crippen molar-refractivity contribution < 1.29 is 14.3 Å². The lowest BCUT2D eigenvalue weighted by Gasteiger charge is -2.19. The number of esters is 1. The molecule has 0 spiro atoms. The molecule has 0 N–H and O–H groups in total. The molecule has 1 atom stereocenters. The fraction of sp³-hybridized carbons (Fsp3) is 0.909. The first-order chi connectivity index (χ1) is 6.74. The van der Waals surface area contributed by atoms with E-state index in [1.165, 1.54) is 32.8 Å². The van der Waals surface area contributed by atoms with E-state index in [0.29, 0.717) is 0 Å². The minimum atomic E-state index is -0.414. The number of carbonyl (C=O) groups is 1. The molecule has 1 saturated carbocycles. The second kappa shape index (κ2) is 6.02. The third kappa shape index (κ3) is 3.66. The van der Waals surface area contributed by atoms with Gasteiger partial charge in [0.2, 0.25) is 0 Å². The summed E-state index contributed by atoms with van der Waals surface area (Å²) in [5.74, 6) is -0.269. The van der Waals surface area contributed by atoms with Crippen molar-refractivity contribution in [2.45, 2.75) is 57.7 Å². The standard InChI is InChI=1S/C11H20O3/c1-9(11(12)13-2)14-10-7-5-3-4-6-8-10/h9-10H,3-8H2,1-2H3. The largest absolute Gasteiger partial charge is 0.467 e. The van der Waals surface area contributed by atoms with Gasteiger partial charge in [-0.15, -0.1) is 0 Å². The summed E-state index contributed by atoms with van der Waals surface area (Å²) < 4.78 is 10.3. The first kappa shape index (κ1) is 11.5. The van der Waals surface area contributed by atoms with Crippen LogP contribution in [0.3, 0.4) is 0 Å². The van der Waals surface area contributed by atoms with Gasteiger partial charge in [0.15, 0.2) is 6.10 Å². The quantitative estimate of drug-likeness (QED) is 0.518. The van der Waals surface area contributed by atoms with E-state index in [4.69, 9.17) is 4.74 Å². The zero-order valence-electron chi connectivity index (χ0n) is 9.12. The van der Waals surface area contributed by atoms with Gasteiger partial charge < -0.3 is 9.47 Å². The molecule has 3 heteroatoms. The molecular weight excluding hydrogens is 180 g/mol. The molecule has 82 valence electrons. The van der Waals surface area contributed by atoms with Gasteiger partial charge in [0.25, 0.3) is 0 Å². The number of hydrogen-bond donors (Lipinski definition) is 0. The first-order valence-electron chi connectivity index (χ1n) is 5.47. The van der Waals surface area contributed by atoms with Crippen molar-refractivity contribution >= 4 is 5.97 Å². The van der Waals surface area contributed by atoms with Crippen LogP contribution in [0.25, 0.3) is 0 Å². The number of hydrogen-bond acceptors (Lipinski definition) is 3. The Morgan fingerprint density at radius 2 is 1.79 bits per heavy atom. The summed E-state index contributed by atoms with van der Waals surface area (Å²) in [5.41, 5.74) is 0. The van der Waals surface area contributed by atoms with Crippen molar-refractivity contribution in [3.05, 3.63) is 0 Å². The van der Waals surface area contributed by atoms with E-state index in [1.54, 1.807) is 6.92 Å². The van der Waals surface area contributed by atoms with Gasteiger partial charge in [-0.2, -0.15) is 0 Å². The van der Waals surface area contributed by atoms with E-state index in [0.717, 1.165) is 12.8 Å². The highest BCUT2D eigenvalue weighted by atomic mass is 16.6. The molecule has 0 aromatic heterocycles. The lowest BCUT2D eigenvalue weighted by molar-refractivity contribution is -0.156. The Balaban J connectivity index is 2.30. The topological polar surface area (TPSA) is 35.5 Å². The second-order valence-electron chi connectivity index (χ2n) is 3.92. The Bertz CT molecular complexity index is 171. The molecule has 0 bridgehead atoms.